The molecule has 1 aliphatic heterocycles. The van der Waals surface area contributed by atoms with Crippen molar-refractivity contribution in [2.45, 2.75) is 30.4 Å². The molecule has 2 amide bonds. The lowest BCUT2D eigenvalue weighted by atomic mass is 10.2. The highest BCUT2D eigenvalue weighted by Crippen LogP contribution is 2.38. The van der Waals surface area contributed by atoms with Crippen LogP contribution in [0.5, 0.6) is 0 Å². The van der Waals surface area contributed by atoms with Crippen molar-refractivity contribution in [2.75, 3.05) is 19.6 Å². The van der Waals surface area contributed by atoms with E-state index in [0.717, 1.165) is 29.6 Å². The summed E-state index contributed by atoms with van der Waals surface area (Å²) in [6.07, 6.45) is 1.11. The highest BCUT2D eigenvalue weighted by atomic mass is 32.2. The van der Waals surface area contributed by atoms with Gasteiger partial charge < -0.3 is 15.4 Å². The molecule has 1 unspecified atom stereocenters. The molecule has 190 valence electrons. The number of nitro benzene ring substituents is 2. The van der Waals surface area contributed by atoms with E-state index in [0.29, 0.717) is 19.4 Å². The van der Waals surface area contributed by atoms with Crippen LogP contribution in [0.1, 0.15) is 18.4 Å². The van der Waals surface area contributed by atoms with Crippen LogP contribution in [0, 0.1) is 20.2 Å². The molecule has 2 aromatic rings. The zero-order chi connectivity index (χ0) is 26.1. The molecule has 0 spiro atoms. The van der Waals surface area contributed by atoms with Gasteiger partial charge in [-0.05, 0) is 36.4 Å². The number of amides is 2. The highest BCUT2D eigenvalue weighted by Gasteiger charge is 2.33. The fraction of sp³-hybridized carbons (Fsp3) is 0.318. The van der Waals surface area contributed by atoms with Crippen molar-refractivity contribution in [1.29, 1.82) is 0 Å². The summed E-state index contributed by atoms with van der Waals surface area (Å²) in [4.78, 5) is 57.5. The lowest BCUT2D eigenvalue weighted by Crippen LogP contribution is -2.45. The number of rotatable bonds is 11. The highest BCUT2D eigenvalue weighted by molar-refractivity contribution is 7.97. The molecule has 1 atom stereocenters. The molecule has 1 fully saturated rings. The van der Waals surface area contributed by atoms with Crippen LogP contribution in [0.25, 0.3) is 0 Å². The molecule has 0 saturated carbocycles. The van der Waals surface area contributed by atoms with E-state index in [-0.39, 0.29) is 24.6 Å². The molecular formula is C22H23N5O8S. The van der Waals surface area contributed by atoms with Crippen LogP contribution >= 0.6 is 11.9 Å². The Balaban J connectivity index is 1.47. The second-order valence-electron chi connectivity index (χ2n) is 7.70. The largest absolute Gasteiger partial charge is 0.460 e. The number of nitrogens with zero attached hydrogens (tertiary/aromatic N) is 3. The summed E-state index contributed by atoms with van der Waals surface area (Å²) in [6, 6.07) is 11.7. The Morgan fingerprint density at radius 2 is 1.78 bits per heavy atom. The standard InChI is InChI=1S/C22H23N5O8S/c28-20(23-13-21(29)35-14-15-5-2-1-3-6-15)12-24-22(30)17-7-4-10-25(17)36-19-9-8-16(26(31)32)11-18(19)27(33)34/h1-3,5-6,8-9,11,17H,4,7,10,12-14H2,(H,23,28)(H,24,30). The van der Waals surface area contributed by atoms with E-state index in [9.17, 15) is 34.6 Å². The number of hydrogen-bond donors (Lipinski definition) is 2. The molecule has 0 radical (unpaired) electrons. The average Bonchev–Trinajstić information content (AvgIpc) is 3.33. The number of nitrogens with one attached hydrogen (secondary N) is 2. The number of non-ortho nitro benzene ring substituents is 1. The number of nitro groups is 2. The Morgan fingerprint density at radius 3 is 2.47 bits per heavy atom. The Morgan fingerprint density at radius 1 is 1.03 bits per heavy atom. The first-order valence-electron chi connectivity index (χ1n) is 10.9. The maximum absolute atomic E-state index is 12.6. The quantitative estimate of drug-likeness (QED) is 0.194. The lowest BCUT2D eigenvalue weighted by molar-refractivity contribution is -0.396. The van der Waals surface area contributed by atoms with Crippen LogP contribution in [-0.4, -0.2) is 57.6 Å². The van der Waals surface area contributed by atoms with E-state index < -0.39 is 45.0 Å². The van der Waals surface area contributed by atoms with Gasteiger partial charge >= 0.3 is 5.97 Å². The Bertz CT molecular complexity index is 1150. The molecule has 36 heavy (non-hydrogen) atoms. The van der Waals surface area contributed by atoms with Crippen molar-refractivity contribution in [3.8, 4) is 0 Å². The van der Waals surface area contributed by atoms with Gasteiger partial charge in [0, 0.05) is 12.6 Å². The van der Waals surface area contributed by atoms with Crippen LogP contribution in [0.2, 0.25) is 0 Å². The first kappa shape index (κ1) is 26.6. The lowest BCUT2D eigenvalue weighted by Gasteiger charge is -2.22. The van der Waals surface area contributed by atoms with Crippen LogP contribution in [0.4, 0.5) is 11.4 Å². The van der Waals surface area contributed by atoms with Gasteiger partial charge in [-0.1, -0.05) is 30.3 Å². The molecule has 14 heteroatoms. The summed E-state index contributed by atoms with van der Waals surface area (Å²) in [5, 5.41) is 27.2. The van der Waals surface area contributed by atoms with E-state index in [1.165, 1.54) is 6.07 Å². The van der Waals surface area contributed by atoms with Crippen LogP contribution in [-0.2, 0) is 25.7 Å². The Hall–Kier alpha value is -4.04. The fourth-order valence-corrected chi connectivity index (χ4v) is 4.54. The molecule has 0 aliphatic carbocycles. The minimum absolute atomic E-state index is 0.0778. The van der Waals surface area contributed by atoms with Gasteiger partial charge in [0.25, 0.3) is 11.4 Å². The summed E-state index contributed by atoms with van der Waals surface area (Å²) in [5.41, 5.74) is -0.0296. The SMILES string of the molecule is O=C(CNC(=O)C1CCCN1Sc1ccc([N+](=O)[O-])cc1[N+](=O)[O-])NCC(=O)OCc1ccccc1. The van der Waals surface area contributed by atoms with Gasteiger partial charge in [0.05, 0.1) is 28.5 Å². The van der Waals surface area contributed by atoms with E-state index >= 15 is 0 Å². The number of benzene rings is 2. The minimum atomic E-state index is -0.721. The average molecular weight is 518 g/mol. The number of ether oxygens (including phenoxy) is 1. The van der Waals surface area contributed by atoms with Gasteiger partial charge in [-0.3, -0.25) is 34.6 Å². The maximum atomic E-state index is 12.6. The monoisotopic (exact) mass is 517 g/mol. The Labute approximate surface area is 209 Å². The van der Waals surface area contributed by atoms with Gasteiger partial charge in [0.15, 0.2) is 0 Å². The van der Waals surface area contributed by atoms with Gasteiger partial charge in [-0.15, -0.1) is 0 Å². The van der Waals surface area contributed by atoms with E-state index in [2.05, 4.69) is 10.6 Å². The third-order valence-corrected chi connectivity index (χ3v) is 6.38. The molecule has 2 N–H and O–H groups in total. The molecule has 0 bridgehead atoms. The molecule has 3 rings (SSSR count). The zero-order valence-corrected chi connectivity index (χ0v) is 19.8. The topological polar surface area (TPSA) is 174 Å². The number of carbonyl (C=O) groups excluding carboxylic acids is 3. The predicted molar refractivity (Wildman–Crippen MR) is 128 cm³/mol. The Kier molecular flexibility index (Phi) is 9.30. The molecule has 13 nitrogen and oxygen atoms in total. The van der Waals surface area contributed by atoms with Crippen LogP contribution < -0.4 is 10.6 Å². The smallest absolute Gasteiger partial charge is 0.325 e. The summed E-state index contributed by atoms with van der Waals surface area (Å²) in [7, 11) is 0. The predicted octanol–water partition coefficient (Wildman–Crippen LogP) is 1.95. The van der Waals surface area contributed by atoms with Crippen molar-refractivity contribution in [1.82, 2.24) is 14.9 Å². The summed E-state index contributed by atoms with van der Waals surface area (Å²) < 4.78 is 6.71. The van der Waals surface area contributed by atoms with Gasteiger partial charge in [-0.2, -0.15) is 0 Å². The number of esters is 1. The van der Waals surface area contributed by atoms with Crippen LogP contribution in [0.3, 0.4) is 0 Å². The van der Waals surface area contributed by atoms with Crippen molar-refractivity contribution in [3.05, 3.63) is 74.3 Å². The van der Waals surface area contributed by atoms with Gasteiger partial charge in [-0.25, -0.2) is 4.31 Å². The second kappa shape index (κ2) is 12.6. The first-order chi connectivity index (χ1) is 17.2. The first-order valence-corrected chi connectivity index (χ1v) is 11.6. The number of hydrogen-bond acceptors (Lipinski definition) is 10. The third kappa shape index (κ3) is 7.48. The molecule has 1 aliphatic rings. The van der Waals surface area contributed by atoms with Crippen molar-refractivity contribution in [2.24, 2.45) is 0 Å². The van der Waals surface area contributed by atoms with Crippen LogP contribution in [0.15, 0.2) is 53.4 Å². The fourth-order valence-electron chi connectivity index (χ4n) is 3.38. The molecule has 1 heterocycles. The van der Waals surface area contributed by atoms with Crippen molar-refractivity contribution >= 4 is 41.1 Å². The summed E-state index contributed by atoms with van der Waals surface area (Å²) in [5.74, 6) is -1.66. The van der Waals surface area contributed by atoms with Gasteiger partial charge in [0.1, 0.15) is 18.0 Å². The molecule has 2 aromatic carbocycles. The zero-order valence-electron chi connectivity index (χ0n) is 19.0. The summed E-state index contributed by atoms with van der Waals surface area (Å²) in [6.45, 7) is -0.182. The second-order valence-corrected chi connectivity index (χ2v) is 8.79. The van der Waals surface area contributed by atoms with Crippen molar-refractivity contribution in [3.63, 3.8) is 0 Å². The maximum Gasteiger partial charge on any atom is 0.325 e. The molecule has 1 saturated heterocycles. The minimum Gasteiger partial charge on any atom is -0.460 e. The van der Waals surface area contributed by atoms with Gasteiger partial charge in [0.2, 0.25) is 11.8 Å². The molecular weight excluding hydrogens is 494 g/mol. The van der Waals surface area contributed by atoms with E-state index in [4.69, 9.17) is 4.74 Å². The van der Waals surface area contributed by atoms with E-state index in [1.807, 2.05) is 18.2 Å². The van der Waals surface area contributed by atoms with Crippen molar-refractivity contribution < 1.29 is 29.0 Å². The summed E-state index contributed by atoms with van der Waals surface area (Å²) >= 11 is 0.962. The normalized spacial score (nSPS) is 15.2. The third-order valence-electron chi connectivity index (χ3n) is 5.17. The van der Waals surface area contributed by atoms with E-state index in [1.54, 1.807) is 16.4 Å². The number of carbonyl (C=O) groups is 3. The molecule has 0 aromatic heterocycles.